The second kappa shape index (κ2) is 3.45. The molecule has 0 radical (unpaired) electrons. The van der Waals surface area contributed by atoms with Gasteiger partial charge in [0.1, 0.15) is 6.10 Å². The summed E-state index contributed by atoms with van der Waals surface area (Å²) in [5, 5.41) is 3.34. The minimum Gasteiger partial charge on any atom is -0.469 e. The summed E-state index contributed by atoms with van der Waals surface area (Å²) in [4.78, 5) is 23.3. The third-order valence-corrected chi connectivity index (χ3v) is 4.14. The average Bonchev–Trinajstić information content (AvgIpc) is 2.78. The minimum absolute atomic E-state index is 0.152. The molecule has 0 amide bonds. The van der Waals surface area contributed by atoms with Gasteiger partial charge >= 0.3 is 11.9 Å². The van der Waals surface area contributed by atoms with Crippen molar-refractivity contribution in [1.82, 2.24) is 5.32 Å². The summed E-state index contributed by atoms with van der Waals surface area (Å²) >= 11 is 0. The van der Waals surface area contributed by atoms with Crippen LogP contribution in [0.15, 0.2) is 0 Å². The van der Waals surface area contributed by atoms with Crippen molar-refractivity contribution in [3.8, 4) is 0 Å². The van der Waals surface area contributed by atoms with Crippen LogP contribution in [0.2, 0.25) is 0 Å². The van der Waals surface area contributed by atoms with E-state index in [2.05, 4.69) is 5.32 Å². The molecular formula is C11H15NO4. The highest BCUT2D eigenvalue weighted by Crippen LogP contribution is 2.45. The normalized spacial score (nSPS) is 45.1. The molecule has 3 aliphatic heterocycles. The van der Waals surface area contributed by atoms with Gasteiger partial charge in [-0.15, -0.1) is 0 Å². The Kier molecular flexibility index (Phi) is 2.17. The molecule has 1 aliphatic carbocycles. The molecule has 0 unspecified atom stereocenters. The lowest BCUT2D eigenvalue weighted by Gasteiger charge is -2.47. The summed E-state index contributed by atoms with van der Waals surface area (Å²) in [5.41, 5.74) is 0. The van der Waals surface area contributed by atoms with Crippen molar-refractivity contribution >= 4 is 11.9 Å². The molecule has 4 fully saturated rings. The summed E-state index contributed by atoms with van der Waals surface area (Å²) in [6.45, 7) is 0.910. The van der Waals surface area contributed by atoms with Crippen LogP contribution in [0.5, 0.6) is 0 Å². The van der Waals surface area contributed by atoms with Gasteiger partial charge in [-0.25, -0.2) is 0 Å². The fourth-order valence-corrected chi connectivity index (χ4v) is 3.43. The van der Waals surface area contributed by atoms with Gasteiger partial charge in [0.25, 0.3) is 0 Å². The van der Waals surface area contributed by atoms with E-state index in [4.69, 9.17) is 9.47 Å². The molecule has 3 heterocycles. The van der Waals surface area contributed by atoms with Crippen molar-refractivity contribution < 1.29 is 19.1 Å². The number of fused-ring (bicyclic) bond motifs is 2. The van der Waals surface area contributed by atoms with E-state index in [1.165, 1.54) is 7.11 Å². The van der Waals surface area contributed by atoms with Crippen LogP contribution in [0.1, 0.15) is 12.8 Å². The van der Waals surface area contributed by atoms with E-state index < -0.39 is 0 Å². The molecule has 5 atom stereocenters. The van der Waals surface area contributed by atoms with E-state index in [0.717, 1.165) is 13.0 Å². The average molecular weight is 225 g/mol. The monoisotopic (exact) mass is 225 g/mol. The number of carbonyl (C=O) groups is 2. The predicted molar refractivity (Wildman–Crippen MR) is 53.4 cm³/mol. The smallest absolute Gasteiger partial charge is 0.312 e. The lowest BCUT2D eigenvalue weighted by Crippen LogP contribution is -2.60. The van der Waals surface area contributed by atoms with Gasteiger partial charge in [0.05, 0.1) is 18.9 Å². The number of hydrogen-bond acceptors (Lipinski definition) is 5. The molecule has 0 spiro atoms. The van der Waals surface area contributed by atoms with Gasteiger partial charge in [-0.3, -0.25) is 9.59 Å². The highest BCUT2D eigenvalue weighted by molar-refractivity contribution is 5.81. The van der Waals surface area contributed by atoms with Crippen LogP contribution < -0.4 is 5.32 Å². The molecule has 5 heteroatoms. The Morgan fingerprint density at radius 2 is 2.38 bits per heavy atom. The second-order valence-electron chi connectivity index (χ2n) is 4.81. The van der Waals surface area contributed by atoms with Crippen molar-refractivity contribution in [2.24, 2.45) is 17.8 Å². The first-order chi connectivity index (χ1) is 7.72. The molecule has 88 valence electrons. The summed E-state index contributed by atoms with van der Waals surface area (Å²) in [5.74, 6) is -0.523. The first-order valence-corrected chi connectivity index (χ1v) is 5.74. The zero-order valence-electron chi connectivity index (χ0n) is 9.14. The third-order valence-electron chi connectivity index (χ3n) is 4.14. The molecule has 5 nitrogen and oxygen atoms in total. The van der Waals surface area contributed by atoms with Crippen LogP contribution in [0, 0.1) is 17.8 Å². The largest absolute Gasteiger partial charge is 0.469 e. The van der Waals surface area contributed by atoms with Crippen molar-refractivity contribution in [3.05, 3.63) is 0 Å². The SMILES string of the molecule is COC(=O)[C@@H]1C[C@@H]2C(=O)O[C@H]1[C@H]1CCN[C@H]12. The number of ether oxygens (including phenoxy) is 2. The number of methoxy groups -OCH3 is 1. The van der Waals surface area contributed by atoms with Gasteiger partial charge in [-0.2, -0.15) is 0 Å². The Morgan fingerprint density at radius 3 is 3.12 bits per heavy atom. The minimum atomic E-state index is -0.273. The molecule has 0 aromatic carbocycles. The summed E-state index contributed by atoms with van der Waals surface area (Å²) < 4.78 is 10.1. The Labute approximate surface area is 93.5 Å². The molecule has 3 saturated heterocycles. The third kappa shape index (κ3) is 1.21. The predicted octanol–water partition coefficient (Wildman–Crippen LogP) is -0.301. The van der Waals surface area contributed by atoms with Gasteiger partial charge in [-0.05, 0) is 19.4 Å². The fraction of sp³-hybridized carbons (Fsp3) is 0.818. The van der Waals surface area contributed by atoms with Crippen molar-refractivity contribution in [3.63, 3.8) is 0 Å². The van der Waals surface area contributed by atoms with Crippen LogP contribution in [-0.4, -0.2) is 37.7 Å². The molecule has 0 aromatic rings. The highest BCUT2D eigenvalue weighted by Gasteiger charge is 2.58. The molecular weight excluding hydrogens is 210 g/mol. The van der Waals surface area contributed by atoms with E-state index in [0.29, 0.717) is 12.3 Å². The number of esters is 2. The van der Waals surface area contributed by atoms with Crippen LogP contribution in [0.4, 0.5) is 0 Å². The van der Waals surface area contributed by atoms with E-state index >= 15 is 0 Å². The zero-order chi connectivity index (χ0) is 11.3. The maximum absolute atomic E-state index is 11.6. The Bertz CT molecular complexity index is 343. The van der Waals surface area contributed by atoms with Gasteiger partial charge in [0, 0.05) is 12.0 Å². The van der Waals surface area contributed by atoms with Crippen LogP contribution in [0.3, 0.4) is 0 Å². The van der Waals surface area contributed by atoms with Crippen molar-refractivity contribution in [2.75, 3.05) is 13.7 Å². The summed E-state index contributed by atoms with van der Waals surface area (Å²) in [6, 6.07) is 0.215. The Balaban J connectivity index is 1.89. The maximum atomic E-state index is 11.6. The quantitative estimate of drug-likeness (QED) is 0.621. The van der Waals surface area contributed by atoms with E-state index in [1.54, 1.807) is 0 Å². The fourth-order valence-electron chi connectivity index (χ4n) is 3.43. The number of nitrogens with one attached hydrogen (secondary N) is 1. The lowest BCUT2D eigenvalue weighted by molar-refractivity contribution is -0.193. The first-order valence-electron chi connectivity index (χ1n) is 5.74. The van der Waals surface area contributed by atoms with Gasteiger partial charge < -0.3 is 14.8 Å². The lowest BCUT2D eigenvalue weighted by atomic mass is 9.68. The maximum Gasteiger partial charge on any atom is 0.312 e. The number of hydrogen-bond donors (Lipinski definition) is 1. The molecule has 4 aliphatic rings. The second-order valence-corrected chi connectivity index (χ2v) is 4.81. The Hall–Kier alpha value is -1.10. The van der Waals surface area contributed by atoms with E-state index in [1.807, 2.05) is 0 Å². The molecule has 16 heavy (non-hydrogen) atoms. The number of carbonyl (C=O) groups excluding carboxylic acids is 2. The van der Waals surface area contributed by atoms with Gasteiger partial charge in [0.2, 0.25) is 0 Å². The number of rotatable bonds is 1. The summed E-state index contributed by atoms with van der Waals surface area (Å²) in [7, 11) is 1.39. The van der Waals surface area contributed by atoms with Crippen molar-refractivity contribution in [1.29, 1.82) is 0 Å². The standard InChI is InChI=1S/C11H15NO4/c1-15-10(13)7-4-6-8-5(2-3-12-8)9(7)16-11(6)14/h5-9,12H,2-4H2,1H3/t5-,6-,7+,8+,9-/m0/s1. The zero-order valence-corrected chi connectivity index (χ0v) is 9.14. The van der Waals surface area contributed by atoms with Gasteiger partial charge in [-0.1, -0.05) is 0 Å². The topological polar surface area (TPSA) is 64.6 Å². The van der Waals surface area contributed by atoms with Crippen molar-refractivity contribution in [2.45, 2.75) is 25.0 Å². The summed E-state index contributed by atoms with van der Waals surface area (Å²) in [6.07, 6.45) is 1.28. The highest BCUT2D eigenvalue weighted by atomic mass is 16.6. The molecule has 1 N–H and O–H groups in total. The van der Waals surface area contributed by atoms with Gasteiger partial charge in [0.15, 0.2) is 0 Å². The van der Waals surface area contributed by atoms with Crippen LogP contribution >= 0.6 is 0 Å². The first kappa shape index (κ1) is 10.1. The molecule has 4 rings (SSSR count). The van der Waals surface area contributed by atoms with E-state index in [-0.39, 0.29) is 35.9 Å². The van der Waals surface area contributed by atoms with Crippen LogP contribution in [-0.2, 0) is 19.1 Å². The van der Waals surface area contributed by atoms with Crippen LogP contribution in [0.25, 0.3) is 0 Å². The van der Waals surface area contributed by atoms with E-state index in [9.17, 15) is 9.59 Å². The molecule has 0 aromatic heterocycles. The molecule has 1 saturated carbocycles. The Morgan fingerprint density at radius 1 is 1.56 bits per heavy atom. The molecule has 2 bridgehead atoms.